The van der Waals surface area contributed by atoms with Gasteiger partial charge in [-0.05, 0) is 24.6 Å². The van der Waals surface area contributed by atoms with Crippen LogP contribution in [0.4, 0.5) is 11.6 Å². The number of aryl methyl sites for hydroxylation is 1. The number of nitrogens with zero attached hydrogens (tertiary/aromatic N) is 3. The number of hydrogen-bond acceptors (Lipinski definition) is 5. The highest BCUT2D eigenvalue weighted by Crippen LogP contribution is 2.43. The van der Waals surface area contributed by atoms with Gasteiger partial charge in [0.1, 0.15) is 11.6 Å². The molecule has 8 heteroatoms. The molecule has 0 saturated carbocycles. The standard InChI is InChI=1S/C17H17N5O3/c1-8-11-12(9-4-6-10(23)7-5-9)13-15(18-14(11)20-19-8)21(2)17(25)22(3)16(13)24/h4-7,12,23H,1-3H3,(H2,18,19,20)/t12-/m1/s1. The van der Waals surface area contributed by atoms with Crippen molar-refractivity contribution < 1.29 is 5.11 Å². The van der Waals surface area contributed by atoms with Crippen molar-refractivity contribution in [3.63, 3.8) is 0 Å². The molecule has 0 aliphatic carbocycles. The molecule has 1 atom stereocenters. The number of aromatic nitrogens is 4. The predicted octanol–water partition coefficient (Wildman–Crippen LogP) is 1.06. The molecule has 1 aliphatic heterocycles. The lowest BCUT2D eigenvalue weighted by Gasteiger charge is -2.28. The summed E-state index contributed by atoms with van der Waals surface area (Å²) < 4.78 is 2.52. The molecular formula is C17H17N5O3. The van der Waals surface area contributed by atoms with Crippen LogP contribution in [-0.4, -0.2) is 24.4 Å². The molecule has 8 nitrogen and oxygen atoms in total. The van der Waals surface area contributed by atoms with Crippen LogP contribution in [0.15, 0.2) is 33.9 Å². The van der Waals surface area contributed by atoms with Gasteiger partial charge in [0.05, 0.1) is 5.56 Å². The average molecular weight is 339 g/mol. The van der Waals surface area contributed by atoms with E-state index in [2.05, 4.69) is 15.5 Å². The number of benzene rings is 1. The largest absolute Gasteiger partial charge is 0.508 e. The van der Waals surface area contributed by atoms with Crippen LogP contribution in [0.5, 0.6) is 5.75 Å². The van der Waals surface area contributed by atoms with Crippen LogP contribution in [0.25, 0.3) is 0 Å². The Labute approximate surface area is 142 Å². The molecule has 0 spiro atoms. The second kappa shape index (κ2) is 5.10. The molecule has 1 aliphatic rings. The fourth-order valence-electron chi connectivity index (χ4n) is 3.42. The molecule has 3 heterocycles. The summed E-state index contributed by atoms with van der Waals surface area (Å²) in [4.78, 5) is 25.2. The molecule has 0 fully saturated rings. The summed E-state index contributed by atoms with van der Waals surface area (Å²) in [6.45, 7) is 1.89. The molecule has 3 aromatic rings. The number of aromatic hydroxyl groups is 1. The Bertz CT molecular complexity index is 1110. The Morgan fingerprint density at radius 2 is 1.76 bits per heavy atom. The molecule has 1 aromatic carbocycles. The Morgan fingerprint density at radius 1 is 1.08 bits per heavy atom. The van der Waals surface area contributed by atoms with Crippen molar-refractivity contribution in [1.82, 2.24) is 19.3 Å². The van der Waals surface area contributed by atoms with Gasteiger partial charge in [0.15, 0.2) is 5.82 Å². The normalized spacial score (nSPS) is 15.4. The molecule has 25 heavy (non-hydrogen) atoms. The molecular weight excluding hydrogens is 322 g/mol. The summed E-state index contributed by atoms with van der Waals surface area (Å²) in [6.07, 6.45) is 0. The second-order valence-electron chi connectivity index (χ2n) is 6.23. The Hall–Kier alpha value is -3.29. The minimum atomic E-state index is -0.406. The van der Waals surface area contributed by atoms with E-state index in [-0.39, 0.29) is 11.3 Å². The van der Waals surface area contributed by atoms with Crippen LogP contribution in [0.1, 0.15) is 28.3 Å². The Kier molecular flexibility index (Phi) is 3.11. The first-order valence-corrected chi connectivity index (χ1v) is 7.81. The molecule has 3 N–H and O–H groups in total. The fraction of sp³-hybridized carbons (Fsp3) is 0.235. The van der Waals surface area contributed by atoms with Gasteiger partial charge in [0, 0.05) is 31.3 Å². The highest BCUT2D eigenvalue weighted by Gasteiger charge is 2.35. The number of anilines is 2. The van der Waals surface area contributed by atoms with Gasteiger partial charge in [-0.1, -0.05) is 12.1 Å². The van der Waals surface area contributed by atoms with Crippen LogP contribution in [0, 0.1) is 6.92 Å². The number of phenols is 1. The SMILES string of the molecule is Cc1[nH]nc2c1[C@@H](c1ccc(O)cc1)c1c(n(C)c(=O)n(C)c1=O)N2. The van der Waals surface area contributed by atoms with E-state index in [9.17, 15) is 14.7 Å². The number of rotatable bonds is 1. The smallest absolute Gasteiger partial charge is 0.332 e. The number of hydrogen-bond donors (Lipinski definition) is 3. The van der Waals surface area contributed by atoms with Crippen molar-refractivity contribution in [2.75, 3.05) is 5.32 Å². The molecule has 4 rings (SSSR count). The first-order chi connectivity index (χ1) is 11.9. The summed E-state index contributed by atoms with van der Waals surface area (Å²) >= 11 is 0. The van der Waals surface area contributed by atoms with Crippen LogP contribution in [0.2, 0.25) is 0 Å². The second-order valence-corrected chi connectivity index (χ2v) is 6.23. The third kappa shape index (κ3) is 2.03. The lowest BCUT2D eigenvalue weighted by atomic mass is 9.83. The first kappa shape index (κ1) is 15.3. The molecule has 128 valence electrons. The number of phenolic OH excluding ortho intramolecular Hbond substituents is 1. The molecule has 0 unspecified atom stereocenters. The quantitative estimate of drug-likeness (QED) is 0.481. The van der Waals surface area contributed by atoms with E-state index >= 15 is 0 Å². The monoisotopic (exact) mass is 339 g/mol. The molecule has 0 bridgehead atoms. The van der Waals surface area contributed by atoms with Gasteiger partial charge in [-0.2, -0.15) is 5.10 Å². The van der Waals surface area contributed by atoms with Gasteiger partial charge in [-0.25, -0.2) is 4.79 Å². The minimum Gasteiger partial charge on any atom is -0.508 e. The van der Waals surface area contributed by atoms with Gasteiger partial charge < -0.3 is 10.4 Å². The molecule has 0 radical (unpaired) electrons. The summed E-state index contributed by atoms with van der Waals surface area (Å²) in [5, 5.41) is 19.9. The number of fused-ring (bicyclic) bond motifs is 2. The highest BCUT2D eigenvalue weighted by molar-refractivity contribution is 5.71. The zero-order valence-electron chi connectivity index (χ0n) is 14.0. The van der Waals surface area contributed by atoms with Gasteiger partial charge in [0.2, 0.25) is 0 Å². The maximum absolute atomic E-state index is 12.9. The average Bonchev–Trinajstić information content (AvgIpc) is 2.98. The maximum Gasteiger partial charge on any atom is 0.332 e. The topological polar surface area (TPSA) is 105 Å². The van der Waals surface area contributed by atoms with Gasteiger partial charge in [0.25, 0.3) is 5.56 Å². The number of H-pyrrole nitrogens is 1. The molecule has 0 amide bonds. The lowest BCUT2D eigenvalue weighted by Crippen LogP contribution is -2.42. The minimum absolute atomic E-state index is 0.149. The van der Waals surface area contributed by atoms with E-state index in [1.807, 2.05) is 6.92 Å². The van der Waals surface area contributed by atoms with Crippen LogP contribution in [-0.2, 0) is 14.1 Å². The number of aromatic amines is 1. The highest BCUT2D eigenvalue weighted by atomic mass is 16.3. The van der Waals surface area contributed by atoms with Crippen molar-refractivity contribution in [3.8, 4) is 5.75 Å². The zero-order valence-corrected chi connectivity index (χ0v) is 14.0. The summed E-state index contributed by atoms with van der Waals surface area (Å²) in [5.74, 6) is 0.781. The maximum atomic E-state index is 12.9. The Balaban J connectivity index is 2.11. The van der Waals surface area contributed by atoms with Gasteiger partial charge >= 0.3 is 5.69 Å². The fourth-order valence-corrected chi connectivity index (χ4v) is 3.42. The van der Waals surface area contributed by atoms with E-state index in [1.165, 1.54) is 11.6 Å². The van der Waals surface area contributed by atoms with Gasteiger partial charge in [-0.15, -0.1) is 0 Å². The van der Waals surface area contributed by atoms with Crippen LogP contribution >= 0.6 is 0 Å². The zero-order chi connectivity index (χ0) is 17.9. The van der Waals surface area contributed by atoms with Gasteiger partial charge in [-0.3, -0.25) is 19.0 Å². The van der Waals surface area contributed by atoms with Crippen LogP contribution < -0.4 is 16.6 Å². The molecule has 2 aromatic heterocycles. The summed E-state index contributed by atoms with van der Waals surface area (Å²) in [7, 11) is 3.09. The van der Waals surface area contributed by atoms with Crippen molar-refractivity contribution in [3.05, 3.63) is 67.5 Å². The first-order valence-electron chi connectivity index (χ1n) is 7.81. The van der Waals surface area contributed by atoms with Crippen LogP contribution in [0.3, 0.4) is 0 Å². The third-order valence-corrected chi connectivity index (χ3v) is 4.73. The summed E-state index contributed by atoms with van der Waals surface area (Å²) in [5.41, 5.74) is 2.25. The lowest BCUT2D eigenvalue weighted by molar-refractivity contribution is 0.475. The molecule has 0 saturated heterocycles. The van der Waals surface area contributed by atoms with Crippen molar-refractivity contribution >= 4 is 11.6 Å². The van der Waals surface area contributed by atoms with E-state index < -0.39 is 11.6 Å². The van der Waals surface area contributed by atoms with E-state index in [0.717, 1.165) is 21.4 Å². The number of nitrogens with one attached hydrogen (secondary N) is 2. The Morgan fingerprint density at radius 3 is 2.44 bits per heavy atom. The van der Waals surface area contributed by atoms with Crippen molar-refractivity contribution in [2.45, 2.75) is 12.8 Å². The van der Waals surface area contributed by atoms with E-state index in [0.29, 0.717) is 17.2 Å². The third-order valence-electron chi connectivity index (χ3n) is 4.73. The van der Waals surface area contributed by atoms with Crippen molar-refractivity contribution in [1.29, 1.82) is 0 Å². The van der Waals surface area contributed by atoms with E-state index in [4.69, 9.17) is 0 Å². The predicted molar refractivity (Wildman–Crippen MR) is 92.6 cm³/mol. The summed E-state index contributed by atoms with van der Waals surface area (Å²) in [6, 6.07) is 6.71. The van der Waals surface area contributed by atoms with Crippen molar-refractivity contribution in [2.24, 2.45) is 14.1 Å². The van der Waals surface area contributed by atoms with E-state index in [1.54, 1.807) is 31.3 Å².